The number of aryl methyl sites for hydroxylation is 1. The van der Waals surface area contributed by atoms with Crippen molar-refractivity contribution in [1.29, 1.82) is 0 Å². The van der Waals surface area contributed by atoms with Crippen LogP contribution < -0.4 is 5.32 Å². The Morgan fingerprint density at radius 2 is 2.21 bits per heavy atom. The second kappa shape index (κ2) is 5.51. The zero-order valence-electron chi connectivity index (χ0n) is 10.8. The first-order valence-electron chi connectivity index (χ1n) is 5.91. The molecule has 2 rings (SSSR count). The van der Waals surface area contributed by atoms with Crippen molar-refractivity contribution in [3.8, 4) is 0 Å². The molecule has 0 atom stereocenters. The van der Waals surface area contributed by atoms with Crippen LogP contribution in [0.1, 0.15) is 18.5 Å². The fourth-order valence-corrected chi connectivity index (χ4v) is 1.76. The summed E-state index contributed by atoms with van der Waals surface area (Å²) in [5.74, 6) is -0.635. The number of imidazole rings is 1. The van der Waals surface area contributed by atoms with Crippen molar-refractivity contribution < 1.29 is 14.3 Å². The van der Waals surface area contributed by atoms with Crippen LogP contribution in [0.5, 0.6) is 0 Å². The van der Waals surface area contributed by atoms with Gasteiger partial charge in [-0.25, -0.2) is 4.98 Å². The normalized spacial score (nSPS) is 10.4. The summed E-state index contributed by atoms with van der Waals surface area (Å²) in [7, 11) is 1.30. The topological polar surface area (TPSA) is 72.7 Å². The van der Waals surface area contributed by atoms with Crippen LogP contribution in [0.4, 0.5) is 5.69 Å². The Balaban J connectivity index is 2.08. The van der Waals surface area contributed by atoms with Gasteiger partial charge in [-0.2, -0.15) is 0 Å². The highest BCUT2D eigenvalue weighted by Crippen LogP contribution is 2.16. The van der Waals surface area contributed by atoms with Crippen molar-refractivity contribution in [2.75, 3.05) is 12.4 Å². The van der Waals surface area contributed by atoms with E-state index in [1.54, 1.807) is 6.07 Å². The molecule has 2 heterocycles. The van der Waals surface area contributed by atoms with Gasteiger partial charge in [0.15, 0.2) is 5.65 Å². The molecule has 0 unspecified atom stereocenters. The van der Waals surface area contributed by atoms with Gasteiger partial charge in [0.1, 0.15) is 0 Å². The highest BCUT2D eigenvalue weighted by Gasteiger charge is 2.10. The first-order chi connectivity index (χ1) is 9.10. The minimum absolute atomic E-state index is 0.0684. The lowest BCUT2D eigenvalue weighted by Gasteiger charge is -2.06. The quantitative estimate of drug-likeness (QED) is 0.847. The van der Waals surface area contributed by atoms with Gasteiger partial charge in [0, 0.05) is 18.8 Å². The number of fused-ring (bicyclic) bond motifs is 1. The number of methoxy groups -OCH3 is 1. The summed E-state index contributed by atoms with van der Waals surface area (Å²) in [4.78, 5) is 27.0. The second-order valence-corrected chi connectivity index (χ2v) is 4.16. The number of nitrogens with zero attached hydrogens (tertiary/aromatic N) is 2. The van der Waals surface area contributed by atoms with Gasteiger partial charge in [0.2, 0.25) is 5.91 Å². The molecule has 0 bridgehead atoms. The number of pyridine rings is 1. The number of rotatable bonds is 4. The number of anilines is 1. The van der Waals surface area contributed by atoms with Gasteiger partial charge in [-0.15, -0.1) is 0 Å². The molecule has 0 saturated carbocycles. The maximum atomic E-state index is 11.7. The number of ether oxygens (including phenoxy) is 1. The molecule has 0 aliphatic carbocycles. The Morgan fingerprint density at radius 1 is 1.42 bits per heavy atom. The number of carbonyl (C=O) groups is 2. The van der Waals surface area contributed by atoms with Crippen LogP contribution >= 0.6 is 0 Å². The van der Waals surface area contributed by atoms with Crippen LogP contribution in [0.15, 0.2) is 24.5 Å². The van der Waals surface area contributed by atoms with Crippen LogP contribution in [0, 0.1) is 6.92 Å². The van der Waals surface area contributed by atoms with Crippen molar-refractivity contribution in [2.45, 2.75) is 19.8 Å². The molecule has 0 saturated heterocycles. The molecule has 0 fully saturated rings. The molecule has 0 aromatic carbocycles. The monoisotopic (exact) mass is 261 g/mol. The van der Waals surface area contributed by atoms with Gasteiger partial charge in [0.05, 0.1) is 24.9 Å². The van der Waals surface area contributed by atoms with E-state index in [-0.39, 0.29) is 18.7 Å². The largest absolute Gasteiger partial charge is 0.469 e. The molecule has 1 N–H and O–H groups in total. The predicted molar refractivity (Wildman–Crippen MR) is 69.8 cm³/mol. The van der Waals surface area contributed by atoms with E-state index in [9.17, 15) is 9.59 Å². The maximum absolute atomic E-state index is 11.7. The van der Waals surface area contributed by atoms with E-state index in [4.69, 9.17) is 0 Å². The Kier molecular flexibility index (Phi) is 3.79. The number of hydrogen-bond acceptors (Lipinski definition) is 4. The first-order valence-corrected chi connectivity index (χ1v) is 5.91. The number of esters is 1. The van der Waals surface area contributed by atoms with E-state index in [0.717, 1.165) is 5.69 Å². The van der Waals surface area contributed by atoms with Gasteiger partial charge >= 0.3 is 5.97 Å². The van der Waals surface area contributed by atoms with Crippen LogP contribution in [-0.4, -0.2) is 28.4 Å². The third-order valence-corrected chi connectivity index (χ3v) is 2.66. The molecule has 6 heteroatoms. The van der Waals surface area contributed by atoms with E-state index in [2.05, 4.69) is 15.0 Å². The highest BCUT2D eigenvalue weighted by molar-refractivity contribution is 5.95. The minimum Gasteiger partial charge on any atom is -0.469 e. The van der Waals surface area contributed by atoms with Gasteiger partial charge in [-0.3, -0.25) is 9.59 Å². The number of amides is 1. The summed E-state index contributed by atoms with van der Waals surface area (Å²) >= 11 is 0. The van der Waals surface area contributed by atoms with Gasteiger partial charge in [-0.1, -0.05) is 0 Å². The molecule has 2 aromatic rings. The van der Waals surface area contributed by atoms with Crippen molar-refractivity contribution in [2.24, 2.45) is 0 Å². The van der Waals surface area contributed by atoms with Crippen molar-refractivity contribution in [3.63, 3.8) is 0 Å². The van der Waals surface area contributed by atoms with E-state index >= 15 is 0 Å². The molecule has 1 amide bonds. The average Bonchev–Trinajstić information content (AvgIpc) is 2.77. The SMILES string of the molecule is COC(=O)CCC(=O)Nc1cccn2cc(C)nc12. The molecule has 0 radical (unpaired) electrons. The average molecular weight is 261 g/mol. The smallest absolute Gasteiger partial charge is 0.306 e. The molecule has 100 valence electrons. The zero-order valence-corrected chi connectivity index (χ0v) is 10.8. The lowest BCUT2D eigenvalue weighted by molar-refractivity contribution is -0.141. The van der Waals surface area contributed by atoms with E-state index < -0.39 is 5.97 Å². The predicted octanol–water partition coefficient (Wildman–Crippen LogP) is 1.53. The van der Waals surface area contributed by atoms with E-state index in [0.29, 0.717) is 11.3 Å². The van der Waals surface area contributed by atoms with Crippen LogP contribution in [0.3, 0.4) is 0 Å². The molecule has 19 heavy (non-hydrogen) atoms. The molecule has 2 aromatic heterocycles. The Hall–Kier alpha value is -2.37. The first kappa shape index (κ1) is 13.1. The molecular formula is C13H15N3O3. The summed E-state index contributed by atoms with van der Waals surface area (Å²) in [6, 6.07) is 3.60. The number of hydrogen-bond donors (Lipinski definition) is 1. The Labute approximate surface area is 110 Å². The summed E-state index contributed by atoms with van der Waals surface area (Å²) < 4.78 is 6.33. The van der Waals surface area contributed by atoms with Crippen molar-refractivity contribution in [1.82, 2.24) is 9.38 Å². The lowest BCUT2D eigenvalue weighted by Crippen LogP contribution is -2.14. The summed E-state index contributed by atoms with van der Waals surface area (Å²) in [6.45, 7) is 1.88. The number of carbonyl (C=O) groups excluding carboxylic acids is 2. The van der Waals surface area contributed by atoms with Gasteiger partial charge < -0.3 is 14.5 Å². The molecule has 0 aliphatic heterocycles. The molecular weight excluding hydrogens is 246 g/mol. The summed E-state index contributed by atoms with van der Waals surface area (Å²) in [6.07, 6.45) is 3.89. The number of nitrogens with one attached hydrogen (secondary N) is 1. The van der Waals surface area contributed by atoms with Crippen LogP contribution in [0.2, 0.25) is 0 Å². The second-order valence-electron chi connectivity index (χ2n) is 4.16. The maximum Gasteiger partial charge on any atom is 0.306 e. The Morgan fingerprint density at radius 3 is 2.95 bits per heavy atom. The van der Waals surface area contributed by atoms with E-state index in [1.165, 1.54) is 7.11 Å². The fourth-order valence-electron chi connectivity index (χ4n) is 1.76. The van der Waals surface area contributed by atoms with Crippen molar-refractivity contribution in [3.05, 3.63) is 30.2 Å². The number of aromatic nitrogens is 2. The lowest BCUT2D eigenvalue weighted by atomic mass is 10.3. The zero-order chi connectivity index (χ0) is 13.8. The minimum atomic E-state index is -0.398. The molecule has 0 aliphatic rings. The van der Waals surface area contributed by atoms with Gasteiger partial charge in [0.25, 0.3) is 0 Å². The third-order valence-electron chi connectivity index (χ3n) is 2.66. The third kappa shape index (κ3) is 3.09. The fraction of sp³-hybridized carbons (Fsp3) is 0.308. The van der Waals surface area contributed by atoms with Crippen LogP contribution in [0.25, 0.3) is 5.65 Å². The molecule has 0 spiro atoms. The van der Waals surface area contributed by atoms with Crippen LogP contribution in [-0.2, 0) is 14.3 Å². The Bertz CT molecular complexity index is 619. The summed E-state index contributed by atoms with van der Waals surface area (Å²) in [5.41, 5.74) is 2.19. The van der Waals surface area contributed by atoms with Crippen molar-refractivity contribution >= 4 is 23.2 Å². The molecule has 6 nitrogen and oxygen atoms in total. The van der Waals surface area contributed by atoms with Gasteiger partial charge in [-0.05, 0) is 19.1 Å². The standard InChI is InChI=1S/C13H15N3O3/c1-9-8-16-7-3-4-10(13(16)14-9)15-11(17)5-6-12(18)19-2/h3-4,7-8H,5-6H2,1-2H3,(H,15,17). The summed E-state index contributed by atoms with van der Waals surface area (Å²) in [5, 5.41) is 2.75. The highest BCUT2D eigenvalue weighted by atomic mass is 16.5. The van der Waals surface area contributed by atoms with E-state index in [1.807, 2.05) is 29.8 Å².